The Morgan fingerprint density at radius 3 is 2.32 bits per heavy atom. The highest BCUT2D eigenvalue weighted by molar-refractivity contribution is 6.29. The zero-order valence-corrected chi connectivity index (χ0v) is 15.2. The summed E-state index contributed by atoms with van der Waals surface area (Å²) in [7, 11) is 1.50. The Bertz CT molecular complexity index is 939. The van der Waals surface area contributed by atoms with Gasteiger partial charge in [-0.25, -0.2) is 14.1 Å². The number of amides is 4. The number of nitrogens with one attached hydrogen (secondary N) is 2. The van der Waals surface area contributed by atoms with Crippen LogP contribution >= 0.6 is 0 Å². The number of anilines is 2. The van der Waals surface area contributed by atoms with Gasteiger partial charge in [0.05, 0.1) is 12.8 Å². The van der Waals surface area contributed by atoms with E-state index in [1.54, 1.807) is 37.3 Å². The van der Waals surface area contributed by atoms with Crippen molar-refractivity contribution in [3.63, 3.8) is 0 Å². The maximum absolute atomic E-state index is 13.1. The van der Waals surface area contributed by atoms with Gasteiger partial charge in [0, 0.05) is 11.4 Å². The van der Waals surface area contributed by atoms with Gasteiger partial charge in [-0.15, -0.1) is 0 Å². The molecule has 0 saturated carbocycles. The van der Waals surface area contributed by atoms with Crippen LogP contribution in [-0.4, -0.2) is 25.0 Å². The molecule has 0 radical (unpaired) electrons. The number of urea groups is 1. The van der Waals surface area contributed by atoms with Gasteiger partial charge in [-0.3, -0.25) is 14.9 Å². The van der Waals surface area contributed by atoms with Crippen LogP contribution in [0.1, 0.15) is 6.92 Å². The second kappa shape index (κ2) is 7.91. The third-order valence-electron chi connectivity index (χ3n) is 4.25. The monoisotopic (exact) mass is 383 g/mol. The van der Waals surface area contributed by atoms with Crippen LogP contribution in [0.5, 0.6) is 5.75 Å². The van der Waals surface area contributed by atoms with Gasteiger partial charge in [0.1, 0.15) is 11.6 Å². The molecule has 1 saturated heterocycles. The molecular formula is C20H18FN3O4. The predicted molar refractivity (Wildman–Crippen MR) is 101 cm³/mol. The summed E-state index contributed by atoms with van der Waals surface area (Å²) in [5.41, 5.74) is 1.08. The van der Waals surface area contributed by atoms with Crippen molar-refractivity contribution >= 4 is 29.2 Å². The van der Waals surface area contributed by atoms with E-state index in [1.807, 2.05) is 0 Å². The molecule has 2 aromatic rings. The van der Waals surface area contributed by atoms with Crippen LogP contribution in [0.2, 0.25) is 0 Å². The summed E-state index contributed by atoms with van der Waals surface area (Å²) in [5, 5.41) is 5.15. The lowest BCUT2D eigenvalue weighted by atomic mass is 9.99. The molecule has 3 rings (SSSR count). The zero-order chi connectivity index (χ0) is 20.3. The van der Waals surface area contributed by atoms with Crippen molar-refractivity contribution < 1.29 is 23.5 Å². The molecule has 1 aliphatic rings. The number of barbiturate groups is 1. The molecule has 2 N–H and O–H groups in total. The number of hydrogen-bond donors (Lipinski definition) is 2. The summed E-state index contributed by atoms with van der Waals surface area (Å²) >= 11 is 0. The van der Waals surface area contributed by atoms with E-state index in [9.17, 15) is 18.8 Å². The molecule has 0 spiro atoms. The normalized spacial score (nSPS) is 17.4. The van der Waals surface area contributed by atoms with Crippen LogP contribution in [0.15, 0.2) is 60.3 Å². The molecule has 1 fully saturated rings. The first-order valence-electron chi connectivity index (χ1n) is 8.46. The van der Waals surface area contributed by atoms with E-state index < -0.39 is 29.6 Å². The molecular weight excluding hydrogens is 365 g/mol. The highest BCUT2D eigenvalue weighted by Gasteiger charge is 2.43. The molecule has 1 atom stereocenters. The molecule has 7 nitrogen and oxygen atoms in total. The van der Waals surface area contributed by atoms with Crippen molar-refractivity contribution in [3.05, 3.63) is 66.1 Å². The molecule has 1 heterocycles. The first-order valence-corrected chi connectivity index (χ1v) is 8.46. The van der Waals surface area contributed by atoms with Gasteiger partial charge in [0.15, 0.2) is 5.92 Å². The Morgan fingerprint density at radius 2 is 1.75 bits per heavy atom. The lowest BCUT2D eigenvalue weighted by Gasteiger charge is -2.31. The van der Waals surface area contributed by atoms with Crippen molar-refractivity contribution in [2.75, 3.05) is 17.3 Å². The maximum Gasteiger partial charge on any atom is 0.335 e. The standard InChI is InChI=1S/C20H18FN3O4/c1-3-16(22-13-6-4-12(21)5-7-13)17-18(25)23-20(27)24(19(17)26)14-8-10-15(28-2)11-9-14/h3-11,17,22H,1-2H3,(H,23,25,27)/b16-3+/t17-/m1/s1. The molecule has 0 aliphatic carbocycles. The molecule has 4 amide bonds. The number of benzene rings is 2. The van der Waals surface area contributed by atoms with E-state index in [0.717, 1.165) is 4.90 Å². The third kappa shape index (κ3) is 3.71. The maximum atomic E-state index is 13.1. The number of imide groups is 2. The molecule has 0 aromatic heterocycles. The van der Waals surface area contributed by atoms with Gasteiger partial charge in [0.25, 0.3) is 5.91 Å². The molecule has 2 aromatic carbocycles. The second-order valence-corrected chi connectivity index (χ2v) is 5.97. The topological polar surface area (TPSA) is 87.7 Å². The van der Waals surface area contributed by atoms with Gasteiger partial charge < -0.3 is 10.1 Å². The van der Waals surface area contributed by atoms with Crippen LogP contribution in [-0.2, 0) is 9.59 Å². The largest absolute Gasteiger partial charge is 0.497 e. The SMILES string of the molecule is C/C=C(/Nc1ccc(F)cc1)[C@@H]1C(=O)NC(=O)N(c2ccc(OC)cc2)C1=O. The highest BCUT2D eigenvalue weighted by atomic mass is 19.1. The molecule has 0 bridgehead atoms. The molecule has 1 aliphatic heterocycles. The predicted octanol–water partition coefficient (Wildman–Crippen LogP) is 3.05. The van der Waals surface area contributed by atoms with Crippen molar-refractivity contribution in [3.8, 4) is 5.75 Å². The number of carbonyl (C=O) groups is 3. The Labute approximate surface area is 160 Å². The Kier molecular flexibility index (Phi) is 5.39. The minimum atomic E-state index is -1.25. The number of methoxy groups -OCH3 is 1. The smallest absolute Gasteiger partial charge is 0.335 e. The summed E-state index contributed by atoms with van der Waals surface area (Å²) in [6.07, 6.45) is 1.56. The lowest BCUT2D eigenvalue weighted by Crippen LogP contribution is -2.59. The van der Waals surface area contributed by atoms with E-state index >= 15 is 0 Å². The quantitative estimate of drug-likeness (QED) is 0.775. The zero-order valence-electron chi connectivity index (χ0n) is 15.2. The summed E-state index contributed by atoms with van der Waals surface area (Å²) in [4.78, 5) is 38.6. The van der Waals surface area contributed by atoms with E-state index in [-0.39, 0.29) is 5.70 Å². The molecule has 28 heavy (non-hydrogen) atoms. The summed E-state index contributed by atoms with van der Waals surface area (Å²) in [5.74, 6) is -2.53. The highest BCUT2D eigenvalue weighted by Crippen LogP contribution is 2.27. The first kappa shape index (κ1) is 19.1. The van der Waals surface area contributed by atoms with Crippen LogP contribution in [0.3, 0.4) is 0 Å². The van der Waals surface area contributed by atoms with E-state index in [0.29, 0.717) is 17.1 Å². The fourth-order valence-corrected chi connectivity index (χ4v) is 2.84. The van der Waals surface area contributed by atoms with Gasteiger partial charge in [0.2, 0.25) is 5.91 Å². The fraction of sp³-hybridized carbons (Fsp3) is 0.150. The number of hydrogen-bond acceptors (Lipinski definition) is 5. The Morgan fingerprint density at radius 1 is 1.11 bits per heavy atom. The van der Waals surface area contributed by atoms with Gasteiger partial charge in [-0.2, -0.15) is 0 Å². The average molecular weight is 383 g/mol. The fourth-order valence-electron chi connectivity index (χ4n) is 2.84. The van der Waals surface area contributed by atoms with Crippen LogP contribution in [0, 0.1) is 11.7 Å². The third-order valence-corrected chi connectivity index (χ3v) is 4.25. The number of carbonyl (C=O) groups excluding carboxylic acids is 3. The number of nitrogens with zero attached hydrogens (tertiary/aromatic N) is 1. The first-order chi connectivity index (χ1) is 13.4. The van der Waals surface area contributed by atoms with Crippen molar-refractivity contribution in [1.29, 1.82) is 0 Å². The summed E-state index contributed by atoms with van der Waals surface area (Å²) in [6, 6.07) is 11.0. The number of ether oxygens (including phenoxy) is 1. The Hall–Kier alpha value is -3.68. The van der Waals surface area contributed by atoms with E-state index in [2.05, 4.69) is 10.6 Å². The summed E-state index contributed by atoms with van der Waals surface area (Å²) < 4.78 is 18.2. The molecule has 8 heteroatoms. The van der Waals surface area contributed by atoms with Gasteiger partial charge in [-0.05, 0) is 55.5 Å². The van der Waals surface area contributed by atoms with Crippen molar-refractivity contribution in [2.45, 2.75) is 6.92 Å². The van der Waals surface area contributed by atoms with Crippen molar-refractivity contribution in [2.24, 2.45) is 5.92 Å². The minimum Gasteiger partial charge on any atom is -0.497 e. The van der Waals surface area contributed by atoms with Gasteiger partial charge in [-0.1, -0.05) is 6.08 Å². The average Bonchev–Trinajstić information content (AvgIpc) is 2.69. The van der Waals surface area contributed by atoms with E-state index in [1.165, 1.54) is 31.4 Å². The van der Waals surface area contributed by atoms with Crippen molar-refractivity contribution in [1.82, 2.24) is 5.32 Å². The van der Waals surface area contributed by atoms with E-state index in [4.69, 9.17) is 4.74 Å². The van der Waals surface area contributed by atoms with Crippen LogP contribution in [0.25, 0.3) is 0 Å². The summed E-state index contributed by atoms with van der Waals surface area (Å²) in [6.45, 7) is 1.65. The Balaban J connectivity index is 1.90. The minimum absolute atomic E-state index is 0.278. The number of allylic oxidation sites excluding steroid dienone is 1. The van der Waals surface area contributed by atoms with Gasteiger partial charge >= 0.3 is 6.03 Å². The number of halogens is 1. The molecule has 0 unspecified atom stereocenters. The van der Waals surface area contributed by atoms with Crippen LogP contribution in [0.4, 0.5) is 20.6 Å². The molecule has 144 valence electrons. The second-order valence-electron chi connectivity index (χ2n) is 5.97. The van der Waals surface area contributed by atoms with Crippen LogP contribution < -0.4 is 20.3 Å². The number of rotatable bonds is 5. The lowest BCUT2D eigenvalue weighted by molar-refractivity contribution is -0.132.